The van der Waals surface area contributed by atoms with Gasteiger partial charge in [-0.3, -0.25) is 9.99 Å². The number of fused-ring (bicyclic) bond motifs is 1. The SMILES string of the molecule is [B]C(Nc1cc(F)c2ncc(C#N)c(NC(CCC#N)c3ccccc3)c2c1)(C1=CN(C2CC2)NN1)c1ccc(F)cc1. The number of rotatable bonds is 10. The number of aromatic nitrogens is 1. The van der Waals surface area contributed by atoms with Crippen molar-refractivity contribution in [1.82, 2.24) is 21.0 Å². The first-order chi connectivity index (χ1) is 20.9. The van der Waals surface area contributed by atoms with Crippen molar-refractivity contribution in [3.05, 3.63) is 113 Å². The zero-order chi connectivity index (χ0) is 30.0. The van der Waals surface area contributed by atoms with Gasteiger partial charge in [0.15, 0.2) is 5.82 Å². The minimum Gasteiger partial charge on any atom is -0.378 e. The van der Waals surface area contributed by atoms with Gasteiger partial charge in [-0.25, -0.2) is 8.78 Å². The number of hydrogen-bond donors (Lipinski definition) is 4. The molecular formula is C32H27BF2N8. The summed E-state index contributed by atoms with van der Waals surface area (Å²) in [5.41, 5.74) is 7.82. The molecule has 1 fully saturated rings. The Kier molecular flexibility index (Phi) is 7.58. The van der Waals surface area contributed by atoms with Crippen molar-refractivity contribution in [2.24, 2.45) is 0 Å². The standard InChI is InChI=1S/C32H27BF2N8/c33-32(22-8-10-23(34)11-9-22,29-19-43(42-41-29)25-12-13-25)40-24-15-26-30(21(17-37)18-38-31(26)27(35)16-24)39-28(7-4-14-36)20-5-2-1-3-6-20/h1-3,5-6,8-11,15-16,18-19,25,28,40-42H,4,7,12-13H2,(H,38,39). The van der Waals surface area contributed by atoms with Gasteiger partial charge in [0.25, 0.3) is 0 Å². The third-order valence-corrected chi connectivity index (χ3v) is 7.70. The van der Waals surface area contributed by atoms with Crippen molar-refractivity contribution in [1.29, 1.82) is 10.5 Å². The predicted molar refractivity (Wildman–Crippen MR) is 161 cm³/mol. The summed E-state index contributed by atoms with van der Waals surface area (Å²) in [5, 5.41) is 28.2. The number of halogens is 2. The Morgan fingerprint density at radius 2 is 1.86 bits per heavy atom. The molecule has 1 saturated carbocycles. The first kappa shape index (κ1) is 28.0. The Morgan fingerprint density at radius 3 is 2.56 bits per heavy atom. The van der Waals surface area contributed by atoms with E-state index in [4.69, 9.17) is 7.85 Å². The molecule has 8 nitrogen and oxygen atoms in total. The molecule has 0 spiro atoms. The largest absolute Gasteiger partial charge is 0.378 e. The molecule has 0 amide bonds. The fourth-order valence-electron chi connectivity index (χ4n) is 5.28. The van der Waals surface area contributed by atoms with Gasteiger partial charge in [-0.05, 0) is 54.7 Å². The van der Waals surface area contributed by atoms with Crippen LogP contribution in [0.4, 0.5) is 20.2 Å². The number of hydrogen-bond acceptors (Lipinski definition) is 8. The zero-order valence-corrected chi connectivity index (χ0v) is 23.1. The third-order valence-electron chi connectivity index (χ3n) is 7.70. The van der Waals surface area contributed by atoms with Crippen LogP contribution < -0.4 is 21.6 Å². The van der Waals surface area contributed by atoms with Gasteiger partial charge >= 0.3 is 0 Å². The molecule has 4 aromatic rings. The topological polar surface area (TPSA) is 112 Å². The molecule has 2 aliphatic rings. The van der Waals surface area contributed by atoms with E-state index in [1.807, 2.05) is 41.5 Å². The lowest BCUT2D eigenvalue weighted by Crippen LogP contribution is -2.45. The molecule has 1 aromatic heterocycles. The quantitative estimate of drug-likeness (QED) is 0.182. The number of nitrogens with zero attached hydrogens (tertiary/aromatic N) is 4. The number of nitriles is 2. The van der Waals surface area contributed by atoms with E-state index in [9.17, 15) is 14.9 Å². The highest BCUT2D eigenvalue weighted by molar-refractivity contribution is 6.19. The summed E-state index contributed by atoms with van der Waals surface area (Å²) in [5.74, 6) is -1.03. The number of benzene rings is 3. The number of nitrogens with one attached hydrogen (secondary N) is 4. The predicted octanol–water partition coefficient (Wildman–Crippen LogP) is 5.60. The summed E-state index contributed by atoms with van der Waals surface area (Å²) in [6, 6.07) is 22.7. The van der Waals surface area contributed by atoms with Crippen molar-refractivity contribution in [2.45, 2.75) is 43.2 Å². The van der Waals surface area contributed by atoms with Gasteiger partial charge < -0.3 is 16.1 Å². The molecule has 2 radical (unpaired) electrons. The van der Waals surface area contributed by atoms with Crippen LogP contribution in [0, 0.1) is 34.3 Å². The maximum Gasteiger partial charge on any atom is 0.151 e. The van der Waals surface area contributed by atoms with Crippen molar-refractivity contribution in [2.75, 3.05) is 10.6 Å². The number of anilines is 2. The summed E-state index contributed by atoms with van der Waals surface area (Å²) in [6.07, 6.45) is 6.02. The molecule has 2 atom stereocenters. The highest BCUT2D eigenvalue weighted by atomic mass is 19.1. The van der Waals surface area contributed by atoms with Crippen LogP contribution in [0.5, 0.6) is 0 Å². The Labute approximate surface area is 249 Å². The van der Waals surface area contributed by atoms with E-state index in [1.165, 1.54) is 24.4 Å². The molecule has 0 saturated heterocycles. The lowest BCUT2D eigenvalue weighted by Gasteiger charge is -2.34. The molecule has 43 heavy (non-hydrogen) atoms. The average molecular weight is 572 g/mol. The van der Waals surface area contributed by atoms with Crippen molar-refractivity contribution in [3.63, 3.8) is 0 Å². The van der Waals surface area contributed by atoms with E-state index >= 15 is 4.39 Å². The maximum atomic E-state index is 15.7. The van der Waals surface area contributed by atoms with Crippen molar-refractivity contribution < 1.29 is 8.78 Å². The Hall–Kier alpha value is -5.13. The van der Waals surface area contributed by atoms with Crippen LogP contribution in [0.25, 0.3) is 10.9 Å². The summed E-state index contributed by atoms with van der Waals surface area (Å²) in [7, 11) is 7.02. The molecular weight excluding hydrogens is 545 g/mol. The van der Waals surface area contributed by atoms with Crippen LogP contribution in [0.15, 0.2) is 84.8 Å². The van der Waals surface area contributed by atoms with Gasteiger partial charge in [0, 0.05) is 35.9 Å². The summed E-state index contributed by atoms with van der Waals surface area (Å²) in [6.45, 7) is 0. The summed E-state index contributed by atoms with van der Waals surface area (Å²) in [4.78, 5) is 4.24. The number of hydrazine groups is 2. The van der Waals surface area contributed by atoms with E-state index in [1.54, 1.807) is 18.2 Å². The Morgan fingerprint density at radius 1 is 1.09 bits per heavy atom. The molecule has 3 aromatic carbocycles. The summed E-state index contributed by atoms with van der Waals surface area (Å²) >= 11 is 0. The molecule has 212 valence electrons. The average Bonchev–Trinajstić information content (AvgIpc) is 3.75. The van der Waals surface area contributed by atoms with Crippen LogP contribution in [-0.2, 0) is 5.44 Å². The number of pyridine rings is 1. The van der Waals surface area contributed by atoms with E-state index in [0.29, 0.717) is 40.5 Å². The van der Waals surface area contributed by atoms with Gasteiger partial charge in [0.2, 0.25) is 0 Å². The van der Waals surface area contributed by atoms with Crippen LogP contribution in [0.3, 0.4) is 0 Å². The minimum absolute atomic E-state index is 0.0725. The van der Waals surface area contributed by atoms with Crippen molar-refractivity contribution in [3.8, 4) is 12.1 Å². The minimum atomic E-state index is -1.42. The zero-order valence-electron chi connectivity index (χ0n) is 23.1. The van der Waals surface area contributed by atoms with Gasteiger partial charge in [0.05, 0.1) is 34.5 Å². The molecule has 1 aliphatic heterocycles. The van der Waals surface area contributed by atoms with Crippen LogP contribution in [0.2, 0.25) is 0 Å². The second-order valence-electron chi connectivity index (χ2n) is 10.7. The molecule has 2 heterocycles. The fraction of sp³-hybridized carbons (Fsp3) is 0.219. The summed E-state index contributed by atoms with van der Waals surface area (Å²) < 4.78 is 29.6. The van der Waals surface area contributed by atoms with E-state index < -0.39 is 17.1 Å². The first-order valence-corrected chi connectivity index (χ1v) is 14.0. The lowest BCUT2D eigenvalue weighted by atomic mass is 9.69. The smallest absolute Gasteiger partial charge is 0.151 e. The first-order valence-electron chi connectivity index (χ1n) is 14.0. The van der Waals surface area contributed by atoms with E-state index in [0.717, 1.165) is 18.4 Å². The Bertz CT molecular complexity index is 1760. The van der Waals surface area contributed by atoms with E-state index in [2.05, 4.69) is 38.7 Å². The van der Waals surface area contributed by atoms with Crippen LogP contribution in [-0.4, -0.2) is 23.9 Å². The van der Waals surface area contributed by atoms with Crippen LogP contribution in [0.1, 0.15) is 48.4 Å². The molecule has 11 heteroatoms. The lowest BCUT2D eigenvalue weighted by molar-refractivity contribution is 0.260. The highest BCUT2D eigenvalue weighted by Crippen LogP contribution is 2.38. The third kappa shape index (κ3) is 5.68. The highest BCUT2D eigenvalue weighted by Gasteiger charge is 2.38. The molecule has 2 unspecified atom stereocenters. The second-order valence-corrected chi connectivity index (χ2v) is 10.7. The van der Waals surface area contributed by atoms with Crippen LogP contribution >= 0.6 is 0 Å². The Balaban J connectivity index is 1.44. The van der Waals surface area contributed by atoms with Gasteiger partial charge in [-0.15, -0.1) is 5.53 Å². The normalized spacial score (nSPS) is 16.4. The maximum absolute atomic E-state index is 15.7. The fourth-order valence-corrected chi connectivity index (χ4v) is 5.28. The molecule has 6 rings (SSSR count). The van der Waals surface area contributed by atoms with E-state index in [-0.39, 0.29) is 23.5 Å². The van der Waals surface area contributed by atoms with Gasteiger partial charge in [-0.1, -0.05) is 42.5 Å². The molecule has 0 bridgehead atoms. The van der Waals surface area contributed by atoms with Gasteiger partial charge in [-0.2, -0.15) is 10.5 Å². The monoisotopic (exact) mass is 572 g/mol. The second kappa shape index (κ2) is 11.6. The van der Waals surface area contributed by atoms with Gasteiger partial charge in [0.1, 0.15) is 25.2 Å². The molecule has 1 aliphatic carbocycles. The molecule has 4 N–H and O–H groups in total. The van der Waals surface area contributed by atoms with Crippen molar-refractivity contribution >= 4 is 30.1 Å².